The predicted octanol–water partition coefficient (Wildman–Crippen LogP) is 3.32. The molecule has 1 N–H and O–H groups in total. The van der Waals surface area contributed by atoms with Crippen molar-refractivity contribution in [1.29, 1.82) is 0 Å². The molecule has 0 aliphatic carbocycles. The monoisotopic (exact) mass is 295 g/mol. The number of rotatable bonds is 4. The maximum absolute atomic E-state index is 12.1. The van der Waals surface area contributed by atoms with Crippen LogP contribution in [0.3, 0.4) is 0 Å². The van der Waals surface area contributed by atoms with Gasteiger partial charge in [-0.25, -0.2) is 13.1 Å². The van der Waals surface area contributed by atoms with Crippen molar-refractivity contribution in [2.75, 3.05) is 0 Å². The van der Waals surface area contributed by atoms with E-state index in [1.807, 2.05) is 13.8 Å². The Morgan fingerprint density at radius 1 is 1.12 bits per heavy atom. The van der Waals surface area contributed by atoms with Crippen molar-refractivity contribution < 1.29 is 8.42 Å². The molecule has 1 atom stereocenters. The van der Waals surface area contributed by atoms with E-state index in [9.17, 15) is 8.42 Å². The van der Waals surface area contributed by atoms with E-state index in [2.05, 4.69) is 4.72 Å². The molecule has 1 aromatic rings. The number of hydrogen-bond donors (Lipinski definition) is 1. The third kappa shape index (κ3) is 3.58. The molecule has 3 nitrogen and oxygen atoms in total. The topological polar surface area (TPSA) is 46.2 Å². The Morgan fingerprint density at radius 3 is 2.00 bits per heavy atom. The third-order valence-electron chi connectivity index (χ3n) is 2.53. The van der Waals surface area contributed by atoms with E-state index in [0.717, 1.165) is 0 Å². The molecule has 0 bridgehead atoms. The van der Waals surface area contributed by atoms with Crippen LogP contribution in [0.5, 0.6) is 0 Å². The van der Waals surface area contributed by atoms with Crippen molar-refractivity contribution in [3.05, 3.63) is 28.2 Å². The largest absolute Gasteiger partial charge is 0.243 e. The standard InChI is InChI=1S/C11H15Cl2NO2S/c1-7(2)8(3)14-17(15,16)11-9(12)5-4-6-10(11)13/h4-8,14H,1-3H3/t8-/m0/s1. The second-order valence-electron chi connectivity index (χ2n) is 4.20. The molecule has 6 heteroatoms. The van der Waals surface area contributed by atoms with Gasteiger partial charge in [-0.1, -0.05) is 43.1 Å². The first kappa shape index (κ1) is 14.8. The number of sulfonamides is 1. The van der Waals surface area contributed by atoms with E-state index in [1.165, 1.54) is 12.1 Å². The smallest absolute Gasteiger partial charge is 0.208 e. The van der Waals surface area contributed by atoms with E-state index in [-0.39, 0.29) is 26.9 Å². The van der Waals surface area contributed by atoms with Crippen LogP contribution < -0.4 is 4.72 Å². The zero-order valence-electron chi connectivity index (χ0n) is 9.87. The molecule has 0 aliphatic heterocycles. The van der Waals surface area contributed by atoms with Crippen LogP contribution in [0.4, 0.5) is 0 Å². The lowest BCUT2D eigenvalue weighted by molar-refractivity contribution is 0.476. The summed E-state index contributed by atoms with van der Waals surface area (Å²) in [5, 5.41) is 0.252. The van der Waals surface area contributed by atoms with Gasteiger partial charge in [0.05, 0.1) is 10.0 Å². The molecule has 0 saturated heterocycles. The molecule has 0 aliphatic rings. The third-order valence-corrected chi connectivity index (χ3v) is 5.04. The summed E-state index contributed by atoms with van der Waals surface area (Å²) < 4.78 is 26.8. The number of hydrogen-bond acceptors (Lipinski definition) is 2. The van der Waals surface area contributed by atoms with Crippen LogP contribution in [-0.4, -0.2) is 14.5 Å². The van der Waals surface area contributed by atoms with Crippen LogP contribution in [0, 0.1) is 5.92 Å². The van der Waals surface area contributed by atoms with E-state index in [4.69, 9.17) is 23.2 Å². The van der Waals surface area contributed by atoms with Gasteiger partial charge in [-0.15, -0.1) is 0 Å². The maximum atomic E-state index is 12.1. The van der Waals surface area contributed by atoms with Crippen molar-refractivity contribution in [2.45, 2.75) is 31.7 Å². The first-order chi connectivity index (χ1) is 7.75. The number of halogens is 2. The highest BCUT2D eigenvalue weighted by Gasteiger charge is 2.24. The van der Waals surface area contributed by atoms with Crippen molar-refractivity contribution in [3.63, 3.8) is 0 Å². The highest BCUT2D eigenvalue weighted by Crippen LogP contribution is 2.29. The van der Waals surface area contributed by atoms with Crippen LogP contribution in [0.2, 0.25) is 10.0 Å². The van der Waals surface area contributed by atoms with Crippen molar-refractivity contribution >= 4 is 33.2 Å². The summed E-state index contributed by atoms with van der Waals surface area (Å²) in [5.74, 6) is 0.186. The molecule has 0 fully saturated rings. The quantitative estimate of drug-likeness (QED) is 0.926. The van der Waals surface area contributed by atoms with Gasteiger partial charge in [0.1, 0.15) is 4.90 Å². The molecular formula is C11H15Cl2NO2S. The van der Waals surface area contributed by atoms with Crippen LogP contribution in [0.25, 0.3) is 0 Å². The minimum absolute atomic E-state index is 0.0594. The second kappa shape index (κ2) is 5.57. The molecule has 0 saturated carbocycles. The lowest BCUT2D eigenvalue weighted by Gasteiger charge is -2.18. The van der Waals surface area contributed by atoms with Gasteiger partial charge in [-0.3, -0.25) is 0 Å². The minimum Gasteiger partial charge on any atom is -0.208 e. The molecule has 17 heavy (non-hydrogen) atoms. The molecule has 1 aromatic carbocycles. The molecule has 0 amide bonds. The van der Waals surface area contributed by atoms with Gasteiger partial charge in [-0.2, -0.15) is 0 Å². The maximum Gasteiger partial charge on any atom is 0.243 e. The summed E-state index contributed by atoms with van der Waals surface area (Å²) in [6.45, 7) is 5.66. The lowest BCUT2D eigenvalue weighted by atomic mass is 10.1. The lowest BCUT2D eigenvalue weighted by Crippen LogP contribution is -2.36. The van der Waals surface area contributed by atoms with Crippen molar-refractivity contribution in [3.8, 4) is 0 Å². The van der Waals surface area contributed by atoms with Crippen molar-refractivity contribution in [1.82, 2.24) is 4.72 Å². The van der Waals surface area contributed by atoms with Gasteiger partial charge in [0, 0.05) is 6.04 Å². The van der Waals surface area contributed by atoms with E-state index in [1.54, 1.807) is 13.0 Å². The van der Waals surface area contributed by atoms with Crippen molar-refractivity contribution in [2.24, 2.45) is 5.92 Å². The van der Waals surface area contributed by atoms with Crippen LogP contribution in [-0.2, 0) is 10.0 Å². The van der Waals surface area contributed by atoms with E-state index in [0.29, 0.717) is 0 Å². The molecule has 0 radical (unpaired) electrons. The molecule has 96 valence electrons. The molecular weight excluding hydrogens is 281 g/mol. The van der Waals surface area contributed by atoms with Gasteiger partial charge < -0.3 is 0 Å². The molecule has 0 heterocycles. The first-order valence-corrected chi connectivity index (χ1v) is 7.46. The minimum atomic E-state index is -3.68. The van der Waals surface area contributed by atoms with Crippen LogP contribution in [0.1, 0.15) is 20.8 Å². The SMILES string of the molecule is CC(C)[C@H](C)NS(=O)(=O)c1c(Cl)cccc1Cl. The van der Waals surface area contributed by atoms with Gasteiger partial charge in [0.15, 0.2) is 0 Å². The highest BCUT2D eigenvalue weighted by molar-refractivity contribution is 7.89. The summed E-state index contributed by atoms with van der Waals surface area (Å²) in [7, 11) is -3.68. The highest BCUT2D eigenvalue weighted by atomic mass is 35.5. The van der Waals surface area contributed by atoms with Gasteiger partial charge >= 0.3 is 0 Å². The Kier molecular flexibility index (Phi) is 4.84. The Balaban J connectivity index is 3.14. The first-order valence-electron chi connectivity index (χ1n) is 5.22. The Labute approximate surface area is 112 Å². The average molecular weight is 296 g/mol. The molecule has 0 aromatic heterocycles. The fraction of sp³-hybridized carbons (Fsp3) is 0.455. The number of benzene rings is 1. The van der Waals surface area contributed by atoms with E-state index >= 15 is 0 Å². The Bertz CT molecular complexity index is 480. The molecule has 0 unspecified atom stereocenters. The average Bonchev–Trinajstić information content (AvgIpc) is 2.15. The van der Waals surface area contributed by atoms with Gasteiger partial charge in [0.2, 0.25) is 10.0 Å². The number of nitrogens with one attached hydrogen (secondary N) is 1. The Hall–Kier alpha value is -0.290. The van der Waals surface area contributed by atoms with Crippen LogP contribution in [0.15, 0.2) is 23.1 Å². The summed E-state index contributed by atoms with van der Waals surface area (Å²) >= 11 is 11.7. The second-order valence-corrected chi connectivity index (χ2v) is 6.67. The predicted molar refractivity (Wildman–Crippen MR) is 71.1 cm³/mol. The summed E-state index contributed by atoms with van der Waals surface area (Å²) in [4.78, 5) is -0.0594. The summed E-state index contributed by atoms with van der Waals surface area (Å²) in [6, 6.07) is 4.42. The van der Waals surface area contributed by atoms with Gasteiger partial charge in [0.25, 0.3) is 0 Å². The fourth-order valence-corrected chi connectivity index (χ4v) is 3.71. The Morgan fingerprint density at radius 2 is 1.59 bits per heavy atom. The zero-order chi connectivity index (χ0) is 13.2. The fourth-order valence-electron chi connectivity index (χ4n) is 1.18. The molecule has 1 rings (SSSR count). The van der Waals surface area contributed by atoms with Gasteiger partial charge in [-0.05, 0) is 25.0 Å². The molecule has 0 spiro atoms. The van der Waals surface area contributed by atoms with E-state index < -0.39 is 10.0 Å². The summed E-state index contributed by atoms with van der Waals surface area (Å²) in [6.07, 6.45) is 0. The summed E-state index contributed by atoms with van der Waals surface area (Å²) in [5.41, 5.74) is 0. The normalized spacial score (nSPS) is 14.0. The van der Waals surface area contributed by atoms with Crippen LogP contribution >= 0.6 is 23.2 Å². The zero-order valence-corrected chi connectivity index (χ0v) is 12.2.